The second-order valence-corrected chi connectivity index (χ2v) is 9.39. The summed E-state index contributed by atoms with van der Waals surface area (Å²) in [6, 6.07) is 5.79. The highest BCUT2D eigenvalue weighted by atomic mass is 35.5. The minimum atomic E-state index is -0.733. The maximum Gasteiger partial charge on any atom is 0.323 e. The molecule has 1 aliphatic rings. The van der Waals surface area contributed by atoms with Crippen molar-refractivity contribution in [3.63, 3.8) is 0 Å². The lowest BCUT2D eigenvalue weighted by atomic mass is 10.0. The number of thiazole rings is 1. The number of carbonyl (C=O) groups is 2. The fourth-order valence-electron chi connectivity index (χ4n) is 3.62. The fraction of sp³-hybridized carbons (Fsp3) is 0.304. The molecule has 3 N–H and O–H groups in total. The highest BCUT2D eigenvalue weighted by Crippen LogP contribution is 2.29. The van der Waals surface area contributed by atoms with Gasteiger partial charge in [0.25, 0.3) is 0 Å². The molecule has 178 valence electrons. The van der Waals surface area contributed by atoms with Gasteiger partial charge in [0, 0.05) is 39.2 Å². The summed E-state index contributed by atoms with van der Waals surface area (Å²) in [6.07, 6.45) is 3.74. The van der Waals surface area contributed by atoms with E-state index in [0.29, 0.717) is 52.0 Å². The van der Waals surface area contributed by atoms with Crippen LogP contribution in [0, 0.1) is 5.82 Å². The number of carbonyl (C=O) groups excluding carboxylic acids is 2. The topological polar surface area (TPSA) is 107 Å². The first-order valence-electron chi connectivity index (χ1n) is 10.7. The number of amides is 3. The van der Waals surface area contributed by atoms with Crippen LogP contribution in [0.1, 0.15) is 24.6 Å². The Hall–Kier alpha value is -3.08. The predicted octanol–water partition coefficient (Wildman–Crippen LogP) is 3.84. The predicted molar refractivity (Wildman–Crippen MR) is 130 cm³/mol. The summed E-state index contributed by atoms with van der Waals surface area (Å²) >= 11 is 7.67. The van der Waals surface area contributed by atoms with Gasteiger partial charge in [-0.15, -0.1) is 0 Å². The van der Waals surface area contributed by atoms with Crippen LogP contribution < -0.4 is 10.6 Å². The van der Waals surface area contributed by atoms with Crippen molar-refractivity contribution in [2.75, 3.05) is 25.0 Å². The molecule has 0 spiro atoms. The number of nitrogens with one attached hydrogen (secondary N) is 2. The van der Waals surface area contributed by atoms with Crippen LogP contribution in [0.2, 0.25) is 5.02 Å². The van der Waals surface area contributed by atoms with Gasteiger partial charge in [-0.2, -0.15) is 0 Å². The molecular weight excluding hydrogens is 481 g/mol. The summed E-state index contributed by atoms with van der Waals surface area (Å²) in [4.78, 5) is 34.1. The van der Waals surface area contributed by atoms with Gasteiger partial charge in [0.05, 0.1) is 27.0 Å². The van der Waals surface area contributed by atoms with Crippen LogP contribution in [0.5, 0.6) is 0 Å². The second-order valence-electron chi connectivity index (χ2n) is 7.96. The van der Waals surface area contributed by atoms with Gasteiger partial charge in [-0.3, -0.25) is 15.1 Å². The minimum Gasteiger partial charge on any atom is -0.391 e. The second kappa shape index (κ2) is 10.5. The van der Waals surface area contributed by atoms with E-state index < -0.39 is 6.10 Å². The van der Waals surface area contributed by atoms with Gasteiger partial charge in [0.1, 0.15) is 5.82 Å². The van der Waals surface area contributed by atoms with Gasteiger partial charge >= 0.3 is 6.03 Å². The number of halogens is 2. The van der Waals surface area contributed by atoms with Crippen molar-refractivity contribution in [2.24, 2.45) is 0 Å². The fourth-order valence-corrected chi connectivity index (χ4v) is 4.81. The normalized spacial score (nSPS) is 14.6. The Morgan fingerprint density at radius 2 is 2.18 bits per heavy atom. The largest absolute Gasteiger partial charge is 0.391 e. The summed E-state index contributed by atoms with van der Waals surface area (Å²) in [5, 5.41) is 16.3. The molecule has 34 heavy (non-hydrogen) atoms. The number of hydrogen-bond donors (Lipinski definition) is 3. The molecule has 1 aliphatic heterocycles. The van der Waals surface area contributed by atoms with Crippen LogP contribution in [-0.2, 0) is 11.2 Å². The lowest BCUT2D eigenvalue weighted by Crippen LogP contribution is -2.37. The SMILES string of the molecule is CC(=O)NC[C@H](O)Cc1cnc(C2=CCN(C(=O)Nc3nc4ccc(F)cc4s3)CC2)c(Cl)c1. The molecule has 3 heterocycles. The zero-order valence-corrected chi connectivity index (χ0v) is 19.9. The number of fused-ring (bicyclic) bond motifs is 1. The van der Waals surface area contributed by atoms with Gasteiger partial charge in [-0.1, -0.05) is 29.0 Å². The van der Waals surface area contributed by atoms with E-state index in [1.54, 1.807) is 23.2 Å². The zero-order valence-electron chi connectivity index (χ0n) is 18.3. The number of pyridine rings is 1. The van der Waals surface area contributed by atoms with Crippen LogP contribution in [0.3, 0.4) is 0 Å². The molecule has 3 aromatic rings. The average Bonchev–Trinajstić information content (AvgIpc) is 3.19. The van der Waals surface area contributed by atoms with Gasteiger partial charge in [-0.05, 0) is 41.8 Å². The van der Waals surface area contributed by atoms with Crippen LogP contribution in [0.4, 0.5) is 14.3 Å². The Kier molecular flexibility index (Phi) is 7.40. The number of aliphatic hydroxyl groups excluding tert-OH is 1. The lowest BCUT2D eigenvalue weighted by Gasteiger charge is -2.26. The van der Waals surface area contributed by atoms with E-state index >= 15 is 0 Å². The molecule has 3 amide bonds. The Balaban J connectivity index is 1.36. The molecule has 0 unspecified atom stereocenters. The van der Waals surface area contributed by atoms with Crippen molar-refractivity contribution in [3.05, 3.63) is 58.6 Å². The third kappa shape index (κ3) is 5.88. The highest BCUT2D eigenvalue weighted by Gasteiger charge is 2.21. The van der Waals surface area contributed by atoms with E-state index in [4.69, 9.17) is 11.6 Å². The van der Waals surface area contributed by atoms with Gasteiger partial charge in [-0.25, -0.2) is 14.2 Å². The van der Waals surface area contributed by atoms with Crippen molar-refractivity contribution < 1.29 is 19.1 Å². The summed E-state index contributed by atoms with van der Waals surface area (Å²) in [6.45, 7) is 2.42. The number of urea groups is 1. The van der Waals surface area contributed by atoms with Crippen molar-refractivity contribution >= 4 is 55.8 Å². The van der Waals surface area contributed by atoms with E-state index in [-0.39, 0.29) is 24.3 Å². The number of aliphatic hydroxyl groups is 1. The molecule has 0 aliphatic carbocycles. The third-order valence-electron chi connectivity index (χ3n) is 5.32. The number of hydrogen-bond acceptors (Lipinski definition) is 6. The number of nitrogens with zero attached hydrogens (tertiary/aromatic N) is 3. The van der Waals surface area contributed by atoms with Crippen LogP contribution in [0.25, 0.3) is 15.8 Å². The summed E-state index contributed by atoms with van der Waals surface area (Å²) in [5.74, 6) is -0.544. The van der Waals surface area contributed by atoms with Crippen molar-refractivity contribution in [1.82, 2.24) is 20.2 Å². The first-order valence-corrected chi connectivity index (χ1v) is 11.9. The van der Waals surface area contributed by atoms with Gasteiger partial charge in [0.2, 0.25) is 5.91 Å². The van der Waals surface area contributed by atoms with Crippen LogP contribution in [-0.4, -0.2) is 57.7 Å². The molecule has 0 radical (unpaired) electrons. The lowest BCUT2D eigenvalue weighted by molar-refractivity contribution is -0.119. The first-order chi connectivity index (χ1) is 16.3. The smallest absolute Gasteiger partial charge is 0.323 e. The number of aromatic nitrogens is 2. The molecule has 1 atom stereocenters. The molecule has 0 bridgehead atoms. The molecule has 0 saturated heterocycles. The standard InChI is InChI=1S/C23H23ClFN5O3S/c1-13(31)26-12-17(32)8-14-9-18(24)21(27-11-14)15-4-6-30(7-5-15)23(33)29-22-28-19-3-2-16(25)10-20(19)34-22/h2-4,9-11,17,32H,5-8,12H2,1H3,(H,26,31)(H,28,29,33)/t17-/m1/s1. The Bertz CT molecular complexity index is 1260. The first kappa shape index (κ1) is 24.1. The van der Waals surface area contributed by atoms with E-state index in [0.717, 1.165) is 11.1 Å². The number of rotatable bonds is 6. The molecule has 0 saturated carbocycles. The van der Waals surface area contributed by atoms with E-state index in [1.807, 2.05) is 6.08 Å². The average molecular weight is 504 g/mol. The summed E-state index contributed by atoms with van der Waals surface area (Å²) < 4.78 is 14.0. The maximum atomic E-state index is 13.4. The minimum absolute atomic E-state index is 0.158. The zero-order chi connectivity index (χ0) is 24.2. The molecule has 11 heteroatoms. The highest BCUT2D eigenvalue weighted by molar-refractivity contribution is 7.22. The van der Waals surface area contributed by atoms with Crippen molar-refractivity contribution in [1.29, 1.82) is 0 Å². The molecule has 8 nitrogen and oxygen atoms in total. The summed E-state index contributed by atoms with van der Waals surface area (Å²) in [7, 11) is 0. The summed E-state index contributed by atoms with van der Waals surface area (Å²) in [5.41, 5.74) is 2.99. The molecule has 2 aromatic heterocycles. The van der Waals surface area contributed by atoms with Crippen molar-refractivity contribution in [2.45, 2.75) is 25.9 Å². The van der Waals surface area contributed by atoms with E-state index in [1.165, 1.54) is 30.4 Å². The van der Waals surface area contributed by atoms with E-state index in [2.05, 4.69) is 20.6 Å². The van der Waals surface area contributed by atoms with Gasteiger partial charge in [0.15, 0.2) is 5.13 Å². The number of benzene rings is 1. The Morgan fingerprint density at radius 1 is 1.35 bits per heavy atom. The molecular formula is C23H23ClFN5O3S. The number of anilines is 1. The third-order valence-corrected chi connectivity index (χ3v) is 6.54. The van der Waals surface area contributed by atoms with Crippen LogP contribution in [0.15, 0.2) is 36.5 Å². The molecule has 0 fully saturated rings. The molecule has 4 rings (SSSR count). The molecule has 1 aromatic carbocycles. The Morgan fingerprint density at radius 3 is 2.88 bits per heavy atom. The maximum absolute atomic E-state index is 13.4. The monoisotopic (exact) mass is 503 g/mol. The van der Waals surface area contributed by atoms with Gasteiger partial charge < -0.3 is 15.3 Å². The Labute approximate surface area is 204 Å². The van der Waals surface area contributed by atoms with Crippen molar-refractivity contribution in [3.8, 4) is 0 Å². The quantitative estimate of drug-likeness (QED) is 0.473. The van der Waals surface area contributed by atoms with E-state index in [9.17, 15) is 19.1 Å². The van der Waals surface area contributed by atoms with Crippen LogP contribution >= 0.6 is 22.9 Å².